The number of amides is 2. The molecule has 23 heavy (non-hydrogen) atoms. The Hall–Kier alpha value is -1.85. The van der Waals surface area contributed by atoms with Crippen molar-refractivity contribution in [1.29, 1.82) is 0 Å². The lowest BCUT2D eigenvalue weighted by molar-refractivity contribution is -0.121. The van der Waals surface area contributed by atoms with Gasteiger partial charge in [-0.15, -0.1) is 11.3 Å². The van der Waals surface area contributed by atoms with Crippen LogP contribution in [0.2, 0.25) is 4.34 Å². The van der Waals surface area contributed by atoms with E-state index in [2.05, 4.69) is 10.6 Å². The van der Waals surface area contributed by atoms with Crippen molar-refractivity contribution in [2.24, 2.45) is 0 Å². The van der Waals surface area contributed by atoms with Gasteiger partial charge in [0.05, 0.1) is 10.4 Å². The smallest absolute Gasteiger partial charge is 0.251 e. The largest absolute Gasteiger partial charge is 0.352 e. The Kier molecular flexibility index (Phi) is 6.62. The van der Waals surface area contributed by atoms with E-state index in [9.17, 15) is 9.59 Å². The summed E-state index contributed by atoms with van der Waals surface area (Å²) in [7, 11) is 0. The van der Waals surface area contributed by atoms with Crippen LogP contribution in [0, 0.1) is 0 Å². The molecule has 2 amide bonds. The van der Waals surface area contributed by atoms with Gasteiger partial charge < -0.3 is 10.6 Å². The summed E-state index contributed by atoms with van der Waals surface area (Å²) in [5, 5.41) is 5.74. The standard InChI is InChI=1S/C17H19ClN2O2S/c1-12(14-9-10-15(18)23-14)20-16(21)8-5-11-19-17(22)13-6-3-2-4-7-13/h2-4,6-7,9-10,12H,5,8,11H2,1H3,(H,19,22)(H,20,21). The van der Waals surface area contributed by atoms with Crippen molar-refractivity contribution < 1.29 is 9.59 Å². The number of hydrogen-bond donors (Lipinski definition) is 2. The van der Waals surface area contributed by atoms with Gasteiger partial charge in [0, 0.05) is 23.4 Å². The number of benzene rings is 1. The molecule has 0 fully saturated rings. The predicted molar refractivity (Wildman–Crippen MR) is 93.9 cm³/mol. The van der Waals surface area contributed by atoms with Crippen LogP contribution in [0.15, 0.2) is 42.5 Å². The molecule has 0 aliphatic heterocycles. The van der Waals surface area contributed by atoms with Crippen LogP contribution in [-0.2, 0) is 4.79 Å². The Labute approximate surface area is 144 Å². The molecule has 0 saturated carbocycles. The number of nitrogens with one attached hydrogen (secondary N) is 2. The van der Waals surface area contributed by atoms with Gasteiger partial charge in [-0.25, -0.2) is 0 Å². The zero-order valence-electron chi connectivity index (χ0n) is 12.8. The molecule has 1 atom stereocenters. The van der Waals surface area contributed by atoms with E-state index in [1.807, 2.05) is 37.3 Å². The number of carbonyl (C=O) groups excluding carboxylic acids is 2. The molecule has 0 bridgehead atoms. The fraction of sp³-hybridized carbons (Fsp3) is 0.294. The van der Waals surface area contributed by atoms with E-state index in [4.69, 9.17) is 11.6 Å². The first kappa shape index (κ1) is 17.5. The van der Waals surface area contributed by atoms with Gasteiger partial charge >= 0.3 is 0 Å². The summed E-state index contributed by atoms with van der Waals surface area (Å²) in [6.45, 7) is 2.40. The van der Waals surface area contributed by atoms with Crippen LogP contribution in [-0.4, -0.2) is 18.4 Å². The highest BCUT2D eigenvalue weighted by molar-refractivity contribution is 7.16. The lowest BCUT2D eigenvalue weighted by Gasteiger charge is -2.12. The highest BCUT2D eigenvalue weighted by Crippen LogP contribution is 2.26. The lowest BCUT2D eigenvalue weighted by Crippen LogP contribution is -2.28. The average Bonchev–Trinajstić information content (AvgIpc) is 2.99. The molecule has 0 radical (unpaired) electrons. The molecule has 1 unspecified atom stereocenters. The minimum atomic E-state index is -0.118. The van der Waals surface area contributed by atoms with Crippen molar-refractivity contribution in [3.8, 4) is 0 Å². The summed E-state index contributed by atoms with van der Waals surface area (Å²) in [5.74, 6) is -0.149. The van der Waals surface area contributed by atoms with E-state index in [-0.39, 0.29) is 17.9 Å². The molecular formula is C17H19ClN2O2S. The minimum absolute atomic E-state index is 0.0315. The first-order valence-electron chi connectivity index (χ1n) is 7.44. The van der Waals surface area contributed by atoms with Crippen LogP contribution in [0.5, 0.6) is 0 Å². The Morgan fingerprint density at radius 2 is 1.91 bits per heavy atom. The molecule has 122 valence electrons. The summed E-state index contributed by atoms with van der Waals surface area (Å²) in [6.07, 6.45) is 0.973. The van der Waals surface area contributed by atoms with E-state index in [1.54, 1.807) is 12.1 Å². The highest BCUT2D eigenvalue weighted by atomic mass is 35.5. The lowest BCUT2D eigenvalue weighted by atomic mass is 10.2. The number of halogens is 1. The Bertz CT molecular complexity index is 658. The number of carbonyl (C=O) groups is 2. The summed E-state index contributed by atoms with van der Waals surface area (Å²) in [4.78, 5) is 24.8. The minimum Gasteiger partial charge on any atom is -0.352 e. The molecule has 2 aromatic rings. The second kappa shape index (κ2) is 8.70. The first-order chi connectivity index (χ1) is 11.1. The molecule has 0 aliphatic rings. The summed E-state index contributed by atoms with van der Waals surface area (Å²) in [5.41, 5.74) is 0.625. The maximum Gasteiger partial charge on any atom is 0.251 e. The van der Waals surface area contributed by atoms with Gasteiger partial charge in [-0.3, -0.25) is 9.59 Å². The van der Waals surface area contributed by atoms with Gasteiger partial charge in [0.2, 0.25) is 5.91 Å². The van der Waals surface area contributed by atoms with Crippen molar-refractivity contribution in [2.75, 3.05) is 6.54 Å². The van der Waals surface area contributed by atoms with Gasteiger partial charge in [-0.05, 0) is 37.6 Å². The number of thiophene rings is 1. The summed E-state index contributed by atoms with van der Waals surface area (Å²) >= 11 is 7.35. The van der Waals surface area contributed by atoms with Gasteiger partial charge in [0.15, 0.2) is 0 Å². The fourth-order valence-electron chi connectivity index (χ4n) is 2.09. The van der Waals surface area contributed by atoms with Gasteiger partial charge in [-0.2, -0.15) is 0 Å². The second-order valence-corrected chi connectivity index (χ2v) is 6.90. The Morgan fingerprint density at radius 1 is 1.17 bits per heavy atom. The van der Waals surface area contributed by atoms with E-state index in [0.29, 0.717) is 29.3 Å². The van der Waals surface area contributed by atoms with Gasteiger partial charge in [-0.1, -0.05) is 29.8 Å². The highest BCUT2D eigenvalue weighted by Gasteiger charge is 2.11. The summed E-state index contributed by atoms with van der Waals surface area (Å²) in [6, 6.07) is 12.7. The second-order valence-electron chi connectivity index (χ2n) is 5.16. The quantitative estimate of drug-likeness (QED) is 0.746. The maximum absolute atomic E-state index is 11.9. The van der Waals surface area contributed by atoms with Crippen LogP contribution in [0.4, 0.5) is 0 Å². The molecule has 1 aromatic carbocycles. The van der Waals surface area contributed by atoms with Crippen molar-refractivity contribution in [2.45, 2.75) is 25.8 Å². The van der Waals surface area contributed by atoms with E-state index in [0.717, 1.165) is 4.88 Å². The molecule has 4 nitrogen and oxygen atoms in total. The molecule has 0 spiro atoms. The van der Waals surface area contributed by atoms with Crippen LogP contribution in [0.1, 0.15) is 41.0 Å². The molecule has 1 aromatic heterocycles. The monoisotopic (exact) mass is 350 g/mol. The third-order valence-corrected chi connectivity index (χ3v) is 4.71. The SMILES string of the molecule is CC(NC(=O)CCCNC(=O)c1ccccc1)c1ccc(Cl)s1. The van der Waals surface area contributed by atoms with Gasteiger partial charge in [0.25, 0.3) is 5.91 Å². The molecule has 6 heteroatoms. The normalized spacial score (nSPS) is 11.7. The van der Waals surface area contributed by atoms with E-state index >= 15 is 0 Å². The molecule has 2 rings (SSSR count). The summed E-state index contributed by atoms with van der Waals surface area (Å²) < 4.78 is 0.713. The molecule has 0 aliphatic carbocycles. The molecule has 2 N–H and O–H groups in total. The fourth-order valence-corrected chi connectivity index (χ4v) is 3.15. The van der Waals surface area contributed by atoms with Crippen molar-refractivity contribution in [1.82, 2.24) is 10.6 Å². The van der Waals surface area contributed by atoms with Crippen LogP contribution in [0.25, 0.3) is 0 Å². The Balaban J connectivity index is 1.66. The molecular weight excluding hydrogens is 332 g/mol. The Morgan fingerprint density at radius 3 is 2.57 bits per heavy atom. The van der Waals surface area contributed by atoms with Crippen molar-refractivity contribution >= 4 is 34.8 Å². The van der Waals surface area contributed by atoms with Crippen LogP contribution < -0.4 is 10.6 Å². The predicted octanol–water partition coefficient (Wildman–Crippen LogP) is 3.79. The molecule has 1 heterocycles. The number of rotatable bonds is 7. The maximum atomic E-state index is 11.9. The topological polar surface area (TPSA) is 58.2 Å². The van der Waals surface area contributed by atoms with Crippen molar-refractivity contribution in [3.05, 3.63) is 57.2 Å². The average molecular weight is 351 g/mol. The van der Waals surface area contributed by atoms with Crippen LogP contribution >= 0.6 is 22.9 Å². The number of hydrogen-bond acceptors (Lipinski definition) is 3. The van der Waals surface area contributed by atoms with E-state index in [1.165, 1.54) is 11.3 Å². The zero-order valence-corrected chi connectivity index (χ0v) is 14.4. The third kappa shape index (κ3) is 5.69. The van der Waals surface area contributed by atoms with Crippen LogP contribution in [0.3, 0.4) is 0 Å². The van der Waals surface area contributed by atoms with Gasteiger partial charge in [0.1, 0.15) is 0 Å². The third-order valence-electron chi connectivity index (χ3n) is 3.30. The van der Waals surface area contributed by atoms with E-state index < -0.39 is 0 Å². The van der Waals surface area contributed by atoms with Crippen molar-refractivity contribution in [3.63, 3.8) is 0 Å². The molecule has 0 saturated heterocycles. The zero-order chi connectivity index (χ0) is 16.7. The first-order valence-corrected chi connectivity index (χ1v) is 8.63.